The highest BCUT2D eigenvalue weighted by Gasteiger charge is 2.24. The zero-order valence-electron chi connectivity index (χ0n) is 13.5. The Balaban J connectivity index is 1.81. The number of nitrogens with one attached hydrogen (secondary N) is 1. The highest BCUT2D eigenvalue weighted by atomic mass is 19.3. The molecule has 0 radical (unpaired) electrons. The van der Waals surface area contributed by atoms with Gasteiger partial charge in [-0.3, -0.25) is 9.48 Å². The lowest BCUT2D eigenvalue weighted by Gasteiger charge is -2.17. The molecule has 2 rings (SSSR count). The number of carbonyl (C=O) groups is 1. The maximum Gasteiger partial charge on any atom is 0.307 e. The van der Waals surface area contributed by atoms with Crippen molar-refractivity contribution in [2.45, 2.75) is 58.5 Å². The normalized spacial score (nSPS) is 17.0. The summed E-state index contributed by atoms with van der Waals surface area (Å²) < 4.78 is 26.0. The molecule has 0 spiro atoms. The Morgan fingerprint density at radius 3 is 2.78 bits per heavy atom. The van der Waals surface area contributed by atoms with E-state index in [4.69, 9.17) is 0 Å². The first-order chi connectivity index (χ1) is 11.0. The number of aryl methyl sites for hydroxylation is 1. The van der Waals surface area contributed by atoms with E-state index >= 15 is 0 Å². The van der Waals surface area contributed by atoms with E-state index in [2.05, 4.69) is 10.4 Å². The molecule has 5 nitrogen and oxygen atoms in total. The van der Waals surface area contributed by atoms with E-state index < -0.39 is 24.9 Å². The molecule has 130 valence electrons. The van der Waals surface area contributed by atoms with Crippen molar-refractivity contribution in [1.29, 1.82) is 0 Å². The Hall–Kier alpha value is -1.50. The summed E-state index contributed by atoms with van der Waals surface area (Å²) in [4.78, 5) is 11.4. The average molecular weight is 329 g/mol. The lowest BCUT2D eigenvalue weighted by atomic mass is 9.93. The van der Waals surface area contributed by atoms with Gasteiger partial charge in [0.2, 0.25) is 0 Å². The fourth-order valence-corrected chi connectivity index (χ4v) is 3.27. The van der Waals surface area contributed by atoms with E-state index in [1.54, 1.807) is 13.1 Å². The topological polar surface area (TPSA) is 67.2 Å². The molecule has 1 atom stereocenters. The van der Waals surface area contributed by atoms with Crippen LogP contribution in [-0.2, 0) is 17.9 Å². The maximum absolute atomic E-state index is 12.4. The van der Waals surface area contributed by atoms with Crippen LogP contribution in [0.1, 0.15) is 43.4 Å². The minimum absolute atomic E-state index is 0.394. The maximum atomic E-state index is 12.4. The highest BCUT2D eigenvalue weighted by Crippen LogP contribution is 2.30. The standard InChI is InChI=1S/C16H25F2N3O2/c1-11-14(9-21(20-11)10-15(17)18)8-19-7-13(16(22)23)6-12-4-2-3-5-12/h9,12-13,15,19H,2-8,10H2,1H3,(H,22,23). The second-order valence-corrected chi connectivity index (χ2v) is 6.41. The molecule has 0 bridgehead atoms. The molecule has 1 aliphatic carbocycles. The van der Waals surface area contributed by atoms with Gasteiger partial charge in [-0.2, -0.15) is 5.10 Å². The van der Waals surface area contributed by atoms with Gasteiger partial charge >= 0.3 is 5.97 Å². The largest absolute Gasteiger partial charge is 0.481 e. The molecule has 0 saturated heterocycles. The van der Waals surface area contributed by atoms with E-state index in [1.165, 1.54) is 17.5 Å². The molecule has 1 fully saturated rings. The van der Waals surface area contributed by atoms with Gasteiger partial charge in [0, 0.05) is 24.8 Å². The number of carboxylic acid groups (broad SMARTS) is 1. The number of carboxylic acids is 1. The molecule has 0 aromatic carbocycles. The molecule has 1 unspecified atom stereocenters. The first-order valence-corrected chi connectivity index (χ1v) is 8.20. The second kappa shape index (κ2) is 8.38. The van der Waals surface area contributed by atoms with Gasteiger partial charge in [0.15, 0.2) is 0 Å². The summed E-state index contributed by atoms with van der Waals surface area (Å²) in [5, 5.41) is 16.5. The predicted octanol–water partition coefficient (Wildman–Crippen LogP) is 2.83. The molecule has 23 heavy (non-hydrogen) atoms. The van der Waals surface area contributed by atoms with Gasteiger partial charge in [-0.25, -0.2) is 8.78 Å². The summed E-state index contributed by atoms with van der Waals surface area (Å²) in [6.07, 6.45) is 4.54. The summed E-state index contributed by atoms with van der Waals surface area (Å²) in [6, 6.07) is 0. The van der Waals surface area contributed by atoms with Crippen molar-refractivity contribution in [2.24, 2.45) is 11.8 Å². The van der Waals surface area contributed by atoms with Crippen LogP contribution in [0.25, 0.3) is 0 Å². The van der Waals surface area contributed by atoms with E-state index in [-0.39, 0.29) is 0 Å². The zero-order chi connectivity index (χ0) is 16.8. The molecular formula is C16H25F2N3O2. The first-order valence-electron chi connectivity index (χ1n) is 8.20. The Bertz CT molecular complexity index is 513. The monoisotopic (exact) mass is 329 g/mol. The SMILES string of the molecule is Cc1nn(CC(F)F)cc1CNCC(CC1CCCC1)C(=O)O. The van der Waals surface area contributed by atoms with Crippen molar-refractivity contribution in [3.05, 3.63) is 17.5 Å². The van der Waals surface area contributed by atoms with E-state index in [0.717, 1.165) is 18.4 Å². The van der Waals surface area contributed by atoms with Crippen molar-refractivity contribution in [3.8, 4) is 0 Å². The molecule has 2 N–H and O–H groups in total. The van der Waals surface area contributed by atoms with Gasteiger partial charge in [0.1, 0.15) is 6.54 Å². The first kappa shape index (κ1) is 17.8. The molecular weight excluding hydrogens is 304 g/mol. The summed E-state index contributed by atoms with van der Waals surface area (Å²) in [7, 11) is 0. The number of nitrogens with zero attached hydrogens (tertiary/aromatic N) is 2. The molecule has 0 aliphatic heterocycles. The molecule has 1 heterocycles. The number of halogens is 2. The Kier molecular flexibility index (Phi) is 6.50. The van der Waals surface area contributed by atoms with Crippen molar-refractivity contribution in [1.82, 2.24) is 15.1 Å². The second-order valence-electron chi connectivity index (χ2n) is 6.41. The third-order valence-electron chi connectivity index (χ3n) is 4.52. The van der Waals surface area contributed by atoms with Crippen LogP contribution >= 0.6 is 0 Å². The van der Waals surface area contributed by atoms with Crippen LogP contribution in [0.2, 0.25) is 0 Å². The van der Waals surface area contributed by atoms with Gasteiger partial charge in [-0.1, -0.05) is 25.7 Å². The average Bonchev–Trinajstić information content (AvgIpc) is 3.07. The number of aliphatic carboxylic acids is 1. The third-order valence-corrected chi connectivity index (χ3v) is 4.52. The van der Waals surface area contributed by atoms with Crippen LogP contribution in [0.4, 0.5) is 8.78 Å². The number of aromatic nitrogens is 2. The van der Waals surface area contributed by atoms with Gasteiger partial charge in [0.05, 0.1) is 11.6 Å². The van der Waals surface area contributed by atoms with Gasteiger partial charge < -0.3 is 10.4 Å². The fraction of sp³-hybridized carbons (Fsp3) is 0.750. The predicted molar refractivity (Wildman–Crippen MR) is 82.4 cm³/mol. The van der Waals surface area contributed by atoms with Crippen molar-refractivity contribution in [2.75, 3.05) is 6.54 Å². The lowest BCUT2D eigenvalue weighted by molar-refractivity contribution is -0.142. The van der Waals surface area contributed by atoms with Crippen LogP contribution < -0.4 is 5.32 Å². The van der Waals surface area contributed by atoms with Crippen molar-refractivity contribution < 1.29 is 18.7 Å². The van der Waals surface area contributed by atoms with Crippen LogP contribution in [0.5, 0.6) is 0 Å². The van der Waals surface area contributed by atoms with Crippen LogP contribution in [0, 0.1) is 18.8 Å². The summed E-state index contributed by atoms with van der Waals surface area (Å²) >= 11 is 0. The van der Waals surface area contributed by atoms with Crippen LogP contribution in [0.3, 0.4) is 0 Å². The minimum Gasteiger partial charge on any atom is -0.481 e. The zero-order valence-corrected chi connectivity index (χ0v) is 13.5. The van der Waals surface area contributed by atoms with E-state index in [0.29, 0.717) is 31.1 Å². The van der Waals surface area contributed by atoms with Crippen LogP contribution in [0.15, 0.2) is 6.20 Å². The molecule has 1 aromatic rings. The lowest BCUT2D eigenvalue weighted by Crippen LogP contribution is -2.29. The number of rotatable bonds is 9. The van der Waals surface area contributed by atoms with Crippen LogP contribution in [-0.4, -0.2) is 33.8 Å². The number of hydrogen-bond acceptors (Lipinski definition) is 3. The molecule has 0 amide bonds. The Morgan fingerprint density at radius 2 is 2.17 bits per heavy atom. The van der Waals surface area contributed by atoms with E-state index in [9.17, 15) is 18.7 Å². The quantitative estimate of drug-likeness (QED) is 0.731. The molecule has 1 aliphatic rings. The van der Waals surface area contributed by atoms with Crippen molar-refractivity contribution >= 4 is 5.97 Å². The molecule has 7 heteroatoms. The third kappa shape index (κ3) is 5.57. The highest BCUT2D eigenvalue weighted by molar-refractivity contribution is 5.70. The summed E-state index contributed by atoms with van der Waals surface area (Å²) in [5.74, 6) is -0.641. The minimum atomic E-state index is -2.43. The Labute approximate surface area is 135 Å². The summed E-state index contributed by atoms with van der Waals surface area (Å²) in [6.45, 7) is 2.20. The van der Waals surface area contributed by atoms with E-state index in [1.807, 2.05) is 0 Å². The Morgan fingerprint density at radius 1 is 1.48 bits per heavy atom. The van der Waals surface area contributed by atoms with Gasteiger partial charge in [-0.05, 0) is 19.3 Å². The van der Waals surface area contributed by atoms with Gasteiger partial charge in [-0.15, -0.1) is 0 Å². The number of hydrogen-bond donors (Lipinski definition) is 2. The molecule has 1 saturated carbocycles. The van der Waals surface area contributed by atoms with Crippen molar-refractivity contribution in [3.63, 3.8) is 0 Å². The summed E-state index contributed by atoms with van der Waals surface area (Å²) in [5.41, 5.74) is 1.52. The smallest absolute Gasteiger partial charge is 0.307 e. The fourth-order valence-electron chi connectivity index (χ4n) is 3.27. The number of alkyl halides is 2. The molecule has 1 aromatic heterocycles. The van der Waals surface area contributed by atoms with Gasteiger partial charge in [0.25, 0.3) is 6.43 Å².